The zero-order chi connectivity index (χ0) is 17.7. The molecule has 5 nitrogen and oxygen atoms in total. The van der Waals surface area contributed by atoms with Gasteiger partial charge < -0.3 is 5.32 Å². The molecule has 24 heavy (non-hydrogen) atoms. The van der Waals surface area contributed by atoms with Gasteiger partial charge in [-0.15, -0.1) is 0 Å². The van der Waals surface area contributed by atoms with Crippen molar-refractivity contribution in [1.82, 2.24) is 9.62 Å². The number of carbonyl (C=O) groups is 1. The highest BCUT2D eigenvalue weighted by atomic mass is 79.9. The number of sulfonamides is 1. The minimum absolute atomic E-state index is 0.141. The van der Waals surface area contributed by atoms with Crippen molar-refractivity contribution in [2.24, 2.45) is 0 Å². The van der Waals surface area contributed by atoms with Gasteiger partial charge in [-0.25, -0.2) is 8.42 Å². The molecule has 0 heterocycles. The Balaban J connectivity index is 2.26. The van der Waals surface area contributed by atoms with Gasteiger partial charge in [-0.3, -0.25) is 4.79 Å². The summed E-state index contributed by atoms with van der Waals surface area (Å²) in [6, 6.07) is 4.95. The monoisotopic (exact) mass is 416 g/mol. The van der Waals surface area contributed by atoms with Crippen LogP contribution in [-0.2, 0) is 10.0 Å². The maximum atomic E-state index is 12.7. The van der Waals surface area contributed by atoms with Gasteiger partial charge in [0.2, 0.25) is 10.0 Å². The second-order valence-corrected chi connectivity index (χ2v) is 8.80. The minimum Gasteiger partial charge on any atom is -0.349 e. The standard InChI is InChI=1S/C17H25BrN2O3S/c1-3-20(4-2)24(22,23)16-12-13(10-11-15(16)18)17(21)19-14-8-6-5-7-9-14/h10-12,14H,3-9H2,1-2H3,(H,19,21). The summed E-state index contributed by atoms with van der Waals surface area (Å²) < 4.78 is 27.3. The molecule has 0 unspecified atom stereocenters. The van der Waals surface area contributed by atoms with Crippen LogP contribution >= 0.6 is 15.9 Å². The van der Waals surface area contributed by atoms with E-state index in [-0.39, 0.29) is 16.8 Å². The Morgan fingerprint density at radius 3 is 2.42 bits per heavy atom. The molecular formula is C17H25BrN2O3S. The molecule has 2 rings (SSSR count). The fourth-order valence-electron chi connectivity index (χ4n) is 3.06. The number of nitrogens with one attached hydrogen (secondary N) is 1. The summed E-state index contributed by atoms with van der Waals surface area (Å²) in [5, 5.41) is 3.03. The van der Waals surface area contributed by atoms with Crippen molar-refractivity contribution < 1.29 is 13.2 Å². The van der Waals surface area contributed by atoms with Crippen LogP contribution in [0.2, 0.25) is 0 Å². The number of hydrogen-bond donors (Lipinski definition) is 1. The summed E-state index contributed by atoms with van der Waals surface area (Å²) in [5.74, 6) is -0.203. The number of amides is 1. The third-order valence-corrected chi connectivity index (χ3v) is 7.50. The maximum Gasteiger partial charge on any atom is 0.251 e. The molecule has 1 aromatic rings. The molecule has 0 atom stereocenters. The molecule has 0 saturated heterocycles. The first-order chi connectivity index (χ1) is 11.4. The Labute approximate surface area is 153 Å². The molecule has 7 heteroatoms. The second kappa shape index (κ2) is 8.45. The first kappa shape index (κ1) is 19.4. The van der Waals surface area contributed by atoms with Crippen molar-refractivity contribution in [2.75, 3.05) is 13.1 Å². The number of hydrogen-bond acceptors (Lipinski definition) is 3. The van der Waals surface area contributed by atoms with E-state index in [9.17, 15) is 13.2 Å². The van der Waals surface area contributed by atoms with Crippen LogP contribution in [0.25, 0.3) is 0 Å². The van der Waals surface area contributed by atoms with Crippen LogP contribution in [0.5, 0.6) is 0 Å². The summed E-state index contributed by atoms with van der Waals surface area (Å²) in [5.41, 5.74) is 0.384. The van der Waals surface area contributed by atoms with E-state index >= 15 is 0 Å². The summed E-state index contributed by atoms with van der Waals surface area (Å²) in [4.78, 5) is 12.6. The molecule has 1 aliphatic carbocycles. The quantitative estimate of drug-likeness (QED) is 0.770. The van der Waals surface area contributed by atoms with Gasteiger partial charge in [-0.2, -0.15) is 4.31 Å². The van der Waals surface area contributed by atoms with Crippen molar-refractivity contribution in [1.29, 1.82) is 0 Å². The average Bonchev–Trinajstić information content (AvgIpc) is 2.56. The zero-order valence-corrected chi connectivity index (χ0v) is 16.6. The van der Waals surface area contributed by atoms with Crippen molar-refractivity contribution in [3.63, 3.8) is 0 Å². The lowest BCUT2D eigenvalue weighted by Crippen LogP contribution is -2.36. The third kappa shape index (κ3) is 4.37. The first-order valence-corrected chi connectivity index (χ1v) is 10.7. The highest BCUT2D eigenvalue weighted by Crippen LogP contribution is 2.26. The molecule has 0 aromatic heterocycles. The SMILES string of the molecule is CCN(CC)S(=O)(=O)c1cc(C(=O)NC2CCCCC2)ccc1Br. The molecule has 1 fully saturated rings. The smallest absolute Gasteiger partial charge is 0.251 e. The van der Waals surface area contributed by atoms with Crippen LogP contribution in [0.3, 0.4) is 0 Å². The predicted molar refractivity (Wildman–Crippen MR) is 98.6 cm³/mol. The Bertz CT molecular complexity index is 681. The molecule has 1 N–H and O–H groups in total. The largest absolute Gasteiger partial charge is 0.349 e. The van der Waals surface area contributed by atoms with Crippen molar-refractivity contribution in [3.8, 4) is 0 Å². The summed E-state index contributed by atoms with van der Waals surface area (Å²) in [6.07, 6.45) is 5.47. The van der Waals surface area contributed by atoms with Gasteiger partial charge in [0.15, 0.2) is 0 Å². The molecule has 1 amide bonds. The molecule has 134 valence electrons. The van der Waals surface area contributed by atoms with Crippen molar-refractivity contribution in [3.05, 3.63) is 28.2 Å². The Morgan fingerprint density at radius 1 is 1.21 bits per heavy atom. The van der Waals surface area contributed by atoms with Crippen LogP contribution in [0, 0.1) is 0 Å². The molecule has 0 spiro atoms. The van der Waals surface area contributed by atoms with Crippen LogP contribution in [0.1, 0.15) is 56.3 Å². The van der Waals surface area contributed by atoms with E-state index in [2.05, 4.69) is 21.2 Å². The Hall–Kier alpha value is -0.920. The van der Waals surface area contributed by atoms with E-state index in [0.29, 0.717) is 23.1 Å². The van der Waals surface area contributed by atoms with Gasteiger partial charge in [-0.1, -0.05) is 33.1 Å². The van der Waals surface area contributed by atoms with Gasteiger partial charge in [0, 0.05) is 29.2 Å². The van der Waals surface area contributed by atoms with E-state index in [1.165, 1.54) is 16.8 Å². The van der Waals surface area contributed by atoms with Crippen LogP contribution in [0.4, 0.5) is 0 Å². The maximum absolute atomic E-state index is 12.7. The fraction of sp³-hybridized carbons (Fsp3) is 0.588. The molecule has 0 bridgehead atoms. The minimum atomic E-state index is -3.61. The highest BCUT2D eigenvalue weighted by Gasteiger charge is 2.26. The van der Waals surface area contributed by atoms with Gasteiger partial charge in [-0.05, 0) is 47.0 Å². The zero-order valence-electron chi connectivity index (χ0n) is 14.2. The lowest BCUT2D eigenvalue weighted by atomic mass is 9.95. The molecule has 0 aliphatic heterocycles. The van der Waals surface area contributed by atoms with E-state index in [4.69, 9.17) is 0 Å². The fourth-order valence-corrected chi connectivity index (χ4v) is 5.47. The van der Waals surface area contributed by atoms with E-state index in [1.807, 2.05) is 0 Å². The number of nitrogens with zero attached hydrogens (tertiary/aromatic N) is 1. The normalized spacial score (nSPS) is 16.3. The van der Waals surface area contributed by atoms with Gasteiger partial charge in [0.1, 0.15) is 0 Å². The van der Waals surface area contributed by atoms with Crippen LogP contribution in [-0.4, -0.2) is 37.8 Å². The lowest BCUT2D eigenvalue weighted by Gasteiger charge is -2.23. The van der Waals surface area contributed by atoms with Crippen molar-refractivity contribution >= 4 is 31.9 Å². The lowest BCUT2D eigenvalue weighted by molar-refractivity contribution is 0.0927. The van der Waals surface area contributed by atoms with Crippen LogP contribution in [0.15, 0.2) is 27.6 Å². The average molecular weight is 417 g/mol. The Morgan fingerprint density at radius 2 is 1.83 bits per heavy atom. The van der Waals surface area contributed by atoms with Gasteiger partial charge >= 0.3 is 0 Å². The first-order valence-electron chi connectivity index (χ1n) is 8.50. The van der Waals surface area contributed by atoms with Gasteiger partial charge in [0.05, 0.1) is 4.90 Å². The molecule has 1 saturated carbocycles. The Kier molecular flexibility index (Phi) is 6.83. The number of carbonyl (C=O) groups excluding carboxylic acids is 1. The summed E-state index contributed by atoms with van der Waals surface area (Å²) >= 11 is 3.30. The number of halogens is 1. The summed E-state index contributed by atoms with van der Waals surface area (Å²) in [7, 11) is -3.61. The summed E-state index contributed by atoms with van der Waals surface area (Å²) in [6.45, 7) is 4.39. The molecular weight excluding hydrogens is 392 g/mol. The highest BCUT2D eigenvalue weighted by molar-refractivity contribution is 9.10. The predicted octanol–water partition coefficient (Wildman–Crippen LogP) is 3.54. The molecule has 1 aromatic carbocycles. The molecule has 0 radical (unpaired) electrons. The second-order valence-electron chi connectivity index (χ2n) is 6.04. The topological polar surface area (TPSA) is 66.5 Å². The molecule has 1 aliphatic rings. The van der Waals surface area contributed by atoms with E-state index in [0.717, 1.165) is 25.7 Å². The van der Waals surface area contributed by atoms with Gasteiger partial charge in [0.25, 0.3) is 5.91 Å². The number of benzene rings is 1. The third-order valence-electron chi connectivity index (χ3n) is 4.46. The number of rotatable bonds is 6. The van der Waals surface area contributed by atoms with E-state index < -0.39 is 10.0 Å². The van der Waals surface area contributed by atoms with Crippen molar-refractivity contribution in [2.45, 2.75) is 56.9 Å². The van der Waals surface area contributed by atoms with Crippen LogP contribution < -0.4 is 5.32 Å². The van der Waals surface area contributed by atoms with E-state index in [1.54, 1.807) is 26.0 Å².